The first-order valence-corrected chi connectivity index (χ1v) is 16.2. The monoisotopic (exact) mass is 604 g/mol. The standard InChI is InChI=1S/C43H32N4/c1-43(2)34-20-12-11-19-33(34)39-38(43)36(37-32-18-10-9-13-27(32)25-26-35(37)44-39)28-21-23-31(24-22-28)42-46-40(29-14-5-3-6-15-29)45-41(47-42)30-16-7-4-8-17-30/h3-26,33-34H,1-2H3. The van der Waals surface area contributed by atoms with Crippen LogP contribution in [0.15, 0.2) is 146 Å². The Morgan fingerprint density at radius 3 is 1.72 bits per heavy atom. The van der Waals surface area contributed by atoms with Crippen molar-refractivity contribution in [2.24, 2.45) is 5.92 Å². The maximum absolute atomic E-state index is 5.40. The van der Waals surface area contributed by atoms with Gasteiger partial charge in [0.2, 0.25) is 0 Å². The van der Waals surface area contributed by atoms with E-state index in [0.29, 0.717) is 23.4 Å². The lowest BCUT2D eigenvalue weighted by Gasteiger charge is -2.30. The van der Waals surface area contributed by atoms with Crippen LogP contribution in [0.1, 0.15) is 31.0 Å². The summed E-state index contributed by atoms with van der Waals surface area (Å²) >= 11 is 0. The number of nitrogens with zero attached hydrogens (tertiary/aromatic N) is 4. The second-order valence-corrected chi connectivity index (χ2v) is 13.1. The molecule has 9 rings (SSSR count). The van der Waals surface area contributed by atoms with E-state index in [-0.39, 0.29) is 11.3 Å². The Morgan fingerprint density at radius 2 is 1.06 bits per heavy atom. The van der Waals surface area contributed by atoms with Gasteiger partial charge in [-0.2, -0.15) is 0 Å². The Morgan fingerprint density at radius 1 is 0.511 bits per heavy atom. The summed E-state index contributed by atoms with van der Waals surface area (Å²) in [7, 11) is 0. The van der Waals surface area contributed by atoms with Gasteiger partial charge in [0.05, 0.1) is 11.2 Å². The van der Waals surface area contributed by atoms with Crippen LogP contribution in [-0.2, 0) is 5.41 Å². The molecule has 0 aliphatic heterocycles. The third kappa shape index (κ3) is 4.44. The number of hydrogen-bond acceptors (Lipinski definition) is 4. The fourth-order valence-corrected chi connectivity index (χ4v) is 7.68. The van der Waals surface area contributed by atoms with Gasteiger partial charge >= 0.3 is 0 Å². The highest BCUT2D eigenvalue weighted by atomic mass is 15.0. The van der Waals surface area contributed by atoms with Gasteiger partial charge in [-0.15, -0.1) is 0 Å². The summed E-state index contributed by atoms with van der Waals surface area (Å²) in [4.78, 5) is 20.2. The van der Waals surface area contributed by atoms with Crippen LogP contribution in [0.3, 0.4) is 0 Å². The normalized spacial score (nSPS) is 17.6. The molecular formula is C43H32N4. The van der Waals surface area contributed by atoms with Gasteiger partial charge in [0.1, 0.15) is 0 Å². The van der Waals surface area contributed by atoms with Crippen LogP contribution in [0, 0.1) is 5.92 Å². The van der Waals surface area contributed by atoms with Crippen LogP contribution in [0.2, 0.25) is 0 Å². The van der Waals surface area contributed by atoms with Crippen molar-refractivity contribution in [2.75, 3.05) is 0 Å². The summed E-state index contributed by atoms with van der Waals surface area (Å²) in [5.41, 5.74) is 8.80. The highest BCUT2D eigenvalue weighted by Gasteiger charge is 2.47. The van der Waals surface area contributed by atoms with Crippen molar-refractivity contribution in [3.63, 3.8) is 0 Å². The van der Waals surface area contributed by atoms with Gasteiger partial charge in [-0.25, -0.2) is 15.0 Å². The Bertz CT molecular complexity index is 2310. The zero-order valence-electron chi connectivity index (χ0n) is 26.3. The molecule has 2 atom stereocenters. The van der Waals surface area contributed by atoms with Crippen LogP contribution in [0.4, 0.5) is 0 Å². The van der Waals surface area contributed by atoms with E-state index in [2.05, 4.69) is 98.8 Å². The van der Waals surface area contributed by atoms with E-state index in [1.807, 2.05) is 60.7 Å². The number of hydrogen-bond donors (Lipinski definition) is 0. The Labute approximate surface area is 274 Å². The van der Waals surface area contributed by atoms with E-state index in [4.69, 9.17) is 19.9 Å². The quantitative estimate of drug-likeness (QED) is 0.188. The summed E-state index contributed by atoms with van der Waals surface area (Å²) < 4.78 is 0. The zero-order valence-corrected chi connectivity index (χ0v) is 26.3. The van der Waals surface area contributed by atoms with Crippen molar-refractivity contribution < 1.29 is 0 Å². The van der Waals surface area contributed by atoms with Gasteiger partial charge in [0.25, 0.3) is 0 Å². The topological polar surface area (TPSA) is 51.6 Å². The first kappa shape index (κ1) is 27.6. The van der Waals surface area contributed by atoms with Crippen molar-refractivity contribution in [1.82, 2.24) is 19.9 Å². The van der Waals surface area contributed by atoms with Crippen LogP contribution < -0.4 is 0 Å². The molecule has 2 aromatic heterocycles. The average molecular weight is 605 g/mol. The minimum Gasteiger partial charge on any atom is -0.252 e. The number of benzene rings is 5. The third-order valence-electron chi connectivity index (χ3n) is 9.96. The Hall–Kier alpha value is -5.74. The zero-order chi connectivity index (χ0) is 31.5. The molecule has 4 heteroatoms. The number of pyridine rings is 1. The molecule has 2 heterocycles. The lowest BCUT2D eigenvalue weighted by molar-refractivity contribution is 0.394. The predicted octanol–water partition coefficient (Wildman–Crippen LogP) is 10.4. The molecular weight excluding hydrogens is 573 g/mol. The first-order chi connectivity index (χ1) is 23.1. The second kappa shape index (κ2) is 10.7. The summed E-state index contributed by atoms with van der Waals surface area (Å²) in [5.74, 6) is 2.59. The molecule has 2 unspecified atom stereocenters. The van der Waals surface area contributed by atoms with Gasteiger partial charge in [-0.1, -0.05) is 153 Å². The van der Waals surface area contributed by atoms with Crippen molar-refractivity contribution in [3.05, 3.63) is 157 Å². The molecule has 47 heavy (non-hydrogen) atoms. The largest absolute Gasteiger partial charge is 0.252 e. The molecule has 0 radical (unpaired) electrons. The summed E-state index contributed by atoms with van der Waals surface area (Å²) in [5, 5.41) is 3.67. The van der Waals surface area contributed by atoms with E-state index < -0.39 is 0 Å². The second-order valence-electron chi connectivity index (χ2n) is 13.1. The Balaban J connectivity index is 1.25. The minimum atomic E-state index is -0.100. The molecule has 2 aliphatic rings. The average Bonchev–Trinajstić information content (AvgIpc) is 3.37. The van der Waals surface area contributed by atoms with E-state index in [1.165, 1.54) is 38.5 Å². The number of rotatable bonds is 4. The molecule has 0 saturated carbocycles. The Kier molecular flexibility index (Phi) is 6.26. The predicted molar refractivity (Wildman–Crippen MR) is 192 cm³/mol. The highest BCUT2D eigenvalue weighted by Crippen LogP contribution is 2.56. The third-order valence-corrected chi connectivity index (χ3v) is 9.96. The maximum atomic E-state index is 5.40. The van der Waals surface area contributed by atoms with Gasteiger partial charge in [-0.05, 0) is 44.9 Å². The fourth-order valence-electron chi connectivity index (χ4n) is 7.68. The molecule has 0 N–H and O–H groups in total. The van der Waals surface area contributed by atoms with E-state index >= 15 is 0 Å². The van der Waals surface area contributed by atoms with E-state index in [9.17, 15) is 0 Å². The maximum Gasteiger partial charge on any atom is 0.164 e. The van der Waals surface area contributed by atoms with Crippen molar-refractivity contribution in [1.29, 1.82) is 0 Å². The summed E-state index contributed by atoms with van der Waals surface area (Å²) in [6, 6.07) is 42.1. The molecule has 2 aliphatic carbocycles. The van der Waals surface area contributed by atoms with Gasteiger partial charge < -0.3 is 0 Å². The fraction of sp³-hybridized carbons (Fsp3) is 0.116. The molecule has 0 fully saturated rings. The molecule has 5 aromatic carbocycles. The van der Waals surface area contributed by atoms with Crippen LogP contribution in [0.5, 0.6) is 0 Å². The lowest BCUT2D eigenvalue weighted by atomic mass is 9.72. The van der Waals surface area contributed by atoms with Gasteiger partial charge in [0, 0.05) is 28.0 Å². The molecule has 224 valence electrons. The number of fused-ring (bicyclic) bond motifs is 6. The van der Waals surface area contributed by atoms with Crippen LogP contribution in [0.25, 0.3) is 67.0 Å². The smallest absolute Gasteiger partial charge is 0.164 e. The van der Waals surface area contributed by atoms with Crippen LogP contribution >= 0.6 is 0 Å². The van der Waals surface area contributed by atoms with E-state index in [0.717, 1.165) is 22.2 Å². The van der Waals surface area contributed by atoms with Crippen molar-refractivity contribution in [3.8, 4) is 45.3 Å². The van der Waals surface area contributed by atoms with Crippen molar-refractivity contribution in [2.45, 2.75) is 25.2 Å². The molecule has 0 saturated heterocycles. The van der Waals surface area contributed by atoms with Crippen LogP contribution in [-0.4, -0.2) is 19.9 Å². The molecule has 7 aromatic rings. The first-order valence-electron chi connectivity index (χ1n) is 16.2. The van der Waals surface area contributed by atoms with Gasteiger partial charge in [0.15, 0.2) is 17.5 Å². The summed E-state index contributed by atoms with van der Waals surface area (Å²) in [6.45, 7) is 4.77. The van der Waals surface area contributed by atoms with Gasteiger partial charge in [-0.3, -0.25) is 4.98 Å². The van der Waals surface area contributed by atoms with E-state index in [1.54, 1.807) is 0 Å². The molecule has 0 spiro atoms. The molecule has 0 bridgehead atoms. The summed E-state index contributed by atoms with van der Waals surface area (Å²) in [6.07, 6.45) is 9.08. The molecule has 4 nitrogen and oxygen atoms in total. The molecule has 0 amide bonds. The SMILES string of the molecule is CC1(C)c2c(nc3ccc4ccccc4c3c2-c2ccc(-c3nc(-c4ccccc4)nc(-c4ccccc4)n3)cc2)C2C=CC=CC21. The highest BCUT2D eigenvalue weighted by molar-refractivity contribution is 6.14. The number of allylic oxidation sites excluding steroid dienone is 4. The number of aromatic nitrogens is 4. The lowest BCUT2D eigenvalue weighted by Crippen LogP contribution is -2.25. The van der Waals surface area contributed by atoms with Crippen molar-refractivity contribution >= 4 is 21.7 Å². The minimum absolute atomic E-state index is 0.100.